The first-order valence-electron chi connectivity index (χ1n) is 9.96. The molecule has 0 fully saturated rings. The third-order valence-corrected chi connectivity index (χ3v) is 4.50. The van der Waals surface area contributed by atoms with Crippen LogP contribution in [0.4, 0.5) is 5.69 Å². The summed E-state index contributed by atoms with van der Waals surface area (Å²) in [6.07, 6.45) is 0.0248. The predicted molar refractivity (Wildman–Crippen MR) is 119 cm³/mol. The highest BCUT2D eigenvalue weighted by atomic mass is 16.5. The van der Waals surface area contributed by atoms with Crippen molar-refractivity contribution in [2.75, 3.05) is 5.32 Å². The van der Waals surface area contributed by atoms with E-state index in [2.05, 4.69) is 10.6 Å². The van der Waals surface area contributed by atoms with E-state index in [0.29, 0.717) is 22.6 Å². The fourth-order valence-corrected chi connectivity index (χ4v) is 3.03. The van der Waals surface area contributed by atoms with Gasteiger partial charge in [-0.05, 0) is 62.7 Å². The molecule has 2 N–H and O–H groups in total. The maximum Gasteiger partial charge on any atom is 0.255 e. The van der Waals surface area contributed by atoms with Gasteiger partial charge < -0.3 is 15.4 Å². The summed E-state index contributed by atoms with van der Waals surface area (Å²) < 4.78 is 5.65. The highest BCUT2D eigenvalue weighted by molar-refractivity contribution is 6.05. The maximum absolute atomic E-state index is 12.6. The Balaban J connectivity index is 1.68. The first kappa shape index (κ1) is 21.1. The van der Waals surface area contributed by atoms with Crippen LogP contribution in [0.5, 0.6) is 5.75 Å². The molecular formula is C25H26N2O3. The molecule has 2 amide bonds. The number of ether oxygens (including phenoxy) is 1. The Bertz CT molecular complexity index is 1020. The van der Waals surface area contributed by atoms with E-state index in [9.17, 15) is 9.59 Å². The van der Waals surface area contributed by atoms with Gasteiger partial charge in [-0.25, -0.2) is 0 Å². The molecule has 0 heterocycles. The van der Waals surface area contributed by atoms with Crippen LogP contribution in [0.15, 0.2) is 78.9 Å². The number of carbonyl (C=O) groups is 2. The zero-order valence-electron chi connectivity index (χ0n) is 17.4. The highest BCUT2D eigenvalue weighted by Gasteiger charge is 2.13. The van der Waals surface area contributed by atoms with Crippen molar-refractivity contribution < 1.29 is 14.3 Å². The molecule has 3 aromatic carbocycles. The van der Waals surface area contributed by atoms with Crippen molar-refractivity contribution in [3.63, 3.8) is 0 Å². The van der Waals surface area contributed by atoms with Crippen LogP contribution in [0.3, 0.4) is 0 Å². The fourth-order valence-electron chi connectivity index (χ4n) is 3.03. The first-order chi connectivity index (χ1) is 14.4. The van der Waals surface area contributed by atoms with Crippen LogP contribution in [0.1, 0.15) is 53.1 Å². The van der Waals surface area contributed by atoms with Gasteiger partial charge in [-0.3, -0.25) is 9.59 Å². The molecule has 154 valence electrons. The molecule has 30 heavy (non-hydrogen) atoms. The number of amides is 2. The lowest BCUT2D eigenvalue weighted by Crippen LogP contribution is -2.26. The molecule has 1 unspecified atom stereocenters. The molecule has 0 saturated heterocycles. The SMILES string of the molecule is CC(C)Oc1cccc(C(=O)Nc2cccc(C(=O)NC(C)c3ccccc3)c2)c1. The van der Waals surface area contributed by atoms with Gasteiger partial charge in [-0.1, -0.05) is 42.5 Å². The summed E-state index contributed by atoms with van der Waals surface area (Å²) in [6, 6.07) is 23.5. The van der Waals surface area contributed by atoms with Crippen molar-refractivity contribution in [2.45, 2.75) is 32.9 Å². The van der Waals surface area contributed by atoms with E-state index in [1.807, 2.05) is 57.2 Å². The van der Waals surface area contributed by atoms with Gasteiger partial charge in [0, 0.05) is 16.8 Å². The molecule has 0 aromatic heterocycles. The quantitative estimate of drug-likeness (QED) is 0.570. The molecule has 1 atom stereocenters. The number of benzene rings is 3. The summed E-state index contributed by atoms with van der Waals surface area (Å²) in [4.78, 5) is 25.3. The van der Waals surface area contributed by atoms with Gasteiger partial charge in [0.2, 0.25) is 0 Å². The van der Waals surface area contributed by atoms with Crippen molar-refractivity contribution in [3.05, 3.63) is 95.6 Å². The molecule has 0 radical (unpaired) electrons. The molecule has 3 aromatic rings. The van der Waals surface area contributed by atoms with Crippen molar-refractivity contribution in [1.82, 2.24) is 5.32 Å². The van der Waals surface area contributed by atoms with E-state index in [1.165, 1.54) is 0 Å². The normalized spacial score (nSPS) is 11.6. The van der Waals surface area contributed by atoms with E-state index in [-0.39, 0.29) is 24.0 Å². The molecule has 3 rings (SSSR count). The number of hydrogen-bond acceptors (Lipinski definition) is 3. The molecule has 0 aliphatic carbocycles. The first-order valence-corrected chi connectivity index (χ1v) is 9.96. The number of rotatable bonds is 7. The monoisotopic (exact) mass is 402 g/mol. The molecule has 0 bridgehead atoms. The van der Waals surface area contributed by atoms with Crippen LogP contribution in [-0.4, -0.2) is 17.9 Å². The van der Waals surface area contributed by atoms with Crippen molar-refractivity contribution in [2.24, 2.45) is 0 Å². The van der Waals surface area contributed by atoms with E-state index in [1.54, 1.807) is 42.5 Å². The van der Waals surface area contributed by atoms with Crippen molar-refractivity contribution >= 4 is 17.5 Å². The van der Waals surface area contributed by atoms with Gasteiger partial charge in [0.05, 0.1) is 12.1 Å². The lowest BCUT2D eigenvalue weighted by molar-refractivity contribution is 0.0938. The van der Waals surface area contributed by atoms with Gasteiger partial charge >= 0.3 is 0 Å². The minimum atomic E-state index is -0.264. The largest absolute Gasteiger partial charge is 0.491 e. The second kappa shape index (κ2) is 9.74. The standard InChI is InChI=1S/C25H26N2O3/c1-17(2)30-23-14-8-12-21(16-23)25(29)27-22-13-7-11-20(15-22)24(28)26-18(3)19-9-5-4-6-10-19/h4-18H,1-3H3,(H,26,28)(H,27,29). The van der Waals surface area contributed by atoms with Gasteiger partial charge in [0.25, 0.3) is 11.8 Å². The van der Waals surface area contributed by atoms with Crippen LogP contribution in [0.2, 0.25) is 0 Å². The Labute approximate surface area is 177 Å². The minimum absolute atomic E-state index is 0.0248. The zero-order chi connectivity index (χ0) is 21.5. The van der Waals surface area contributed by atoms with Crippen molar-refractivity contribution in [1.29, 1.82) is 0 Å². The predicted octanol–water partition coefficient (Wildman–Crippen LogP) is 5.22. The molecular weight excluding hydrogens is 376 g/mol. The lowest BCUT2D eigenvalue weighted by Gasteiger charge is -2.15. The van der Waals surface area contributed by atoms with Gasteiger partial charge in [-0.15, -0.1) is 0 Å². The summed E-state index contributed by atoms with van der Waals surface area (Å²) >= 11 is 0. The number of carbonyl (C=O) groups excluding carboxylic acids is 2. The Kier molecular flexibility index (Phi) is 6.86. The second-order valence-corrected chi connectivity index (χ2v) is 7.34. The van der Waals surface area contributed by atoms with Gasteiger partial charge in [-0.2, -0.15) is 0 Å². The molecule has 0 saturated carbocycles. The molecule has 0 spiro atoms. The fraction of sp³-hybridized carbons (Fsp3) is 0.200. The molecule has 5 nitrogen and oxygen atoms in total. The van der Waals surface area contributed by atoms with Gasteiger partial charge in [0.15, 0.2) is 0 Å². The Morgan fingerprint density at radius 2 is 1.43 bits per heavy atom. The van der Waals surface area contributed by atoms with Crippen molar-refractivity contribution in [3.8, 4) is 5.75 Å². The van der Waals surface area contributed by atoms with E-state index >= 15 is 0 Å². The van der Waals surface area contributed by atoms with Crippen LogP contribution in [0, 0.1) is 0 Å². The highest BCUT2D eigenvalue weighted by Crippen LogP contribution is 2.18. The zero-order valence-corrected chi connectivity index (χ0v) is 17.4. The van der Waals surface area contributed by atoms with E-state index < -0.39 is 0 Å². The number of anilines is 1. The third kappa shape index (κ3) is 5.70. The Hall–Kier alpha value is -3.60. The summed E-state index contributed by atoms with van der Waals surface area (Å²) in [7, 11) is 0. The Morgan fingerprint density at radius 3 is 2.13 bits per heavy atom. The molecule has 5 heteroatoms. The molecule has 0 aliphatic rings. The smallest absolute Gasteiger partial charge is 0.255 e. The van der Waals surface area contributed by atoms with E-state index in [4.69, 9.17) is 4.74 Å². The number of nitrogens with one attached hydrogen (secondary N) is 2. The van der Waals surface area contributed by atoms with E-state index in [0.717, 1.165) is 5.56 Å². The minimum Gasteiger partial charge on any atom is -0.491 e. The summed E-state index contributed by atoms with van der Waals surface area (Å²) in [6.45, 7) is 5.80. The lowest BCUT2D eigenvalue weighted by atomic mass is 10.1. The third-order valence-electron chi connectivity index (χ3n) is 4.50. The van der Waals surface area contributed by atoms with Crippen LogP contribution >= 0.6 is 0 Å². The summed E-state index contributed by atoms with van der Waals surface area (Å²) in [5, 5.41) is 5.83. The number of hydrogen-bond donors (Lipinski definition) is 2. The maximum atomic E-state index is 12.6. The van der Waals surface area contributed by atoms with Crippen LogP contribution in [-0.2, 0) is 0 Å². The Morgan fingerprint density at radius 1 is 0.767 bits per heavy atom. The van der Waals surface area contributed by atoms with Crippen LogP contribution in [0.25, 0.3) is 0 Å². The average Bonchev–Trinajstić information content (AvgIpc) is 2.74. The van der Waals surface area contributed by atoms with Crippen LogP contribution < -0.4 is 15.4 Å². The second-order valence-electron chi connectivity index (χ2n) is 7.34. The average molecular weight is 402 g/mol. The topological polar surface area (TPSA) is 67.4 Å². The molecule has 0 aliphatic heterocycles. The van der Waals surface area contributed by atoms with Gasteiger partial charge in [0.1, 0.15) is 5.75 Å². The summed E-state index contributed by atoms with van der Waals surface area (Å²) in [5.74, 6) is 0.176. The summed E-state index contributed by atoms with van der Waals surface area (Å²) in [5.41, 5.74) is 2.54.